The van der Waals surface area contributed by atoms with Crippen molar-refractivity contribution >= 4 is 0 Å². The van der Waals surface area contributed by atoms with E-state index in [9.17, 15) is 0 Å². The van der Waals surface area contributed by atoms with Crippen LogP contribution in [0.1, 0.15) is 51.7 Å². The first kappa shape index (κ1) is 15.6. The van der Waals surface area contributed by atoms with Gasteiger partial charge in [0.15, 0.2) is 0 Å². The number of nitrogens with zero attached hydrogens (tertiary/aromatic N) is 1. The van der Waals surface area contributed by atoms with Crippen LogP contribution in [0.15, 0.2) is 22.8 Å². The van der Waals surface area contributed by atoms with E-state index in [2.05, 4.69) is 30.1 Å². The maximum Gasteiger partial charge on any atom is 0.117 e. The highest BCUT2D eigenvalue weighted by molar-refractivity contribution is 4.98. The molecule has 20 heavy (non-hydrogen) atoms. The summed E-state index contributed by atoms with van der Waals surface area (Å²) in [5.41, 5.74) is 0. The van der Waals surface area contributed by atoms with Crippen LogP contribution >= 0.6 is 0 Å². The Kier molecular flexibility index (Phi) is 6.61. The molecule has 0 bridgehead atoms. The minimum atomic E-state index is 0.702. The summed E-state index contributed by atoms with van der Waals surface area (Å²) >= 11 is 0. The van der Waals surface area contributed by atoms with Gasteiger partial charge in [-0.05, 0) is 44.0 Å². The van der Waals surface area contributed by atoms with Gasteiger partial charge < -0.3 is 9.73 Å². The van der Waals surface area contributed by atoms with Gasteiger partial charge >= 0.3 is 0 Å². The Labute approximate surface area is 123 Å². The molecule has 0 spiro atoms. The highest BCUT2D eigenvalue weighted by Crippen LogP contribution is 2.25. The largest absolute Gasteiger partial charge is 0.468 e. The zero-order valence-corrected chi connectivity index (χ0v) is 13.1. The zero-order valence-electron chi connectivity index (χ0n) is 13.1. The number of rotatable bonds is 7. The standard InChI is InChI=1S/C17H30N2O/c1-3-18-17-11-7-5-6-9-15(17)13-19(4-2)14-16-10-8-12-20-16/h8,10,12,15,17-18H,3-7,9,11,13-14H2,1-2H3. The average Bonchev–Trinajstić information content (AvgIpc) is 2.87. The first-order valence-electron chi connectivity index (χ1n) is 8.31. The van der Waals surface area contributed by atoms with Gasteiger partial charge in [-0.3, -0.25) is 4.90 Å². The molecule has 1 aromatic heterocycles. The third kappa shape index (κ3) is 4.64. The van der Waals surface area contributed by atoms with E-state index >= 15 is 0 Å². The lowest BCUT2D eigenvalue weighted by Crippen LogP contribution is -2.41. The van der Waals surface area contributed by atoms with E-state index in [0.29, 0.717) is 6.04 Å². The summed E-state index contributed by atoms with van der Waals surface area (Å²) in [6, 6.07) is 4.77. The van der Waals surface area contributed by atoms with Crippen LogP contribution in [0.5, 0.6) is 0 Å². The Hall–Kier alpha value is -0.800. The normalized spacial score (nSPS) is 23.9. The fourth-order valence-corrected chi connectivity index (χ4v) is 3.39. The molecule has 1 aliphatic rings. The molecule has 0 aromatic carbocycles. The second kappa shape index (κ2) is 8.48. The molecule has 2 rings (SSSR count). The topological polar surface area (TPSA) is 28.4 Å². The predicted molar refractivity (Wildman–Crippen MR) is 83.7 cm³/mol. The van der Waals surface area contributed by atoms with E-state index in [1.54, 1.807) is 6.26 Å². The Morgan fingerprint density at radius 2 is 2.10 bits per heavy atom. The molecule has 2 unspecified atom stereocenters. The van der Waals surface area contributed by atoms with Crippen molar-refractivity contribution in [3.8, 4) is 0 Å². The van der Waals surface area contributed by atoms with Crippen molar-refractivity contribution in [1.82, 2.24) is 10.2 Å². The number of furan rings is 1. The highest BCUT2D eigenvalue weighted by atomic mass is 16.3. The van der Waals surface area contributed by atoms with E-state index in [-0.39, 0.29) is 0 Å². The van der Waals surface area contributed by atoms with Gasteiger partial charge in [-0.2, -0.15) is 0 Å². The lowest BCUT2D eigenvalue weighted by Gasteiger charge is -2.31. The maximum atomic E-state index is 5.50. The Bertz CT molecular complexity index is 350. The quantitative estimate of drug-likeness (QED) is 0.772. The van der Waals surface area contributed by atoms with E-state index in [1.165, 1.54) is 38.6 Å². The van der Waals surface area contributed by atoms with E-state index in [4.69, 9.17) is 4.42 Å². The van der Waals surface area contributed by atoms with Gasteiger partial charge in [0.2, 0.25) is 0 Å². The van der Waals surface area contributed by atoms with E-state index in [1.807, 2.05) is 6.07 Å². The van der Waals surface area contributed by atoms with Gasteiger partial charge in [0, 0.05) is 12.6 Å². The summed E-state index contributed by atoms with van der Waals surface area (Å²) < 4.78 is 5.50. The highest BCUT2D eigenvalue weighted by Gasteiger charge is 2.24. The van der Waals surface area contributed by atoms with E-state index in [0.717, 1.165) is 31.3 Å². The number of hydrogen-bond acceptors (Lipinski definition) is 3. The lowest BCUT2D eigenvalue weighted by atomic mass is 9.94. The molecule has 1 fully saturated rings. The minimum absolute atomic E-state index is 0.702. The fourth-order valence-electron chi connectivity index (χ4n) is 3.39. The van der Waals surface area contributed by atoms with Crippen molar-refractivity contribution in [2.75, 3.05) is 19.6 Å². The molecule has 1 heterocycles. The third-order valence-electron chi connectivity index (χ3n) is 4.52. The molecule has 3 nitrogen and oxygen atoms in total. The predicted octanol–water partition coefficient (Wildman–Crippen LogP) is 3.66. The SMILES string of the molecule is CCNC1CCCCCC1CN(CC)Cc1ccco1. The number of nitrogens with one attached hydrogen (secondary N) is 1. The molecule has 1 saturated carbocycles. The molecule has 1 N–H and O–H groups in total. The summed E-state index contributed by atoms with van der Waals surface area (Å²) in [5.74, 6) is 1.87. The second-order valence-electron chi connectivity index (χ2n) is 5.97. The van der Waals surface area contributed by atoms with Crippen LogP contribution in [-0.4, -0.2) is 30.6 Å². The van der Waals surface area contributed by atoms with Crippen molar-refractivity contribution in [2.24, 2.45) is 5.92 Å². The van der Waals surface area contributed by atoms with Crippen molar-refractivity contribution < 1.29 is 4.42 Å². The summed E-state index contributed by atoms with van der Waals surface area (Å²) in [4.78, 5) is 2.53. The molecule has 0 aliphatic heterocycles. The van der Waals surface area contributed by atoms with Crippen LogP contribution in [-0.2, 0) is 6.54 Å². The van der Waals surface area contributed by atoms with Crippen LogP contribution in [0.2, 0.25) is 0 Å². The molecule has 3 heteroatoms. The van der Waals surface area contributed by atoms with Gasteiger partial charge in [0.05, 0.1) is 12.8 Å². The molecule has 1 aromatic rings. The number of hydrogen-bond donors (Lipinski definition) is 1. The van der Waals surface area contributed by atoms with E-state index < -0.39 is 0 Å². The molecule has 0 amide bonds. The minimum Gasteiger partial charge on any atom is -0.468 e. The molecule has 2 atom stereocenters. The van der Waals surface area contributed by atoms with Crippen molar-refractivity contribution in [3.63, 3.8) is 0 Å². The van der Waals surface area contributed by atoms with Crippen LogP contribution in [0, 0.1) is 5.92 Å². The lowest BCUT2D eigenvalue weighted by molar-refractivity contribution is 0.184. The van der Waals surface area contributed by atoms with Crippen LogP contribution in [0.3, 0.4) is 0 Å². The third-order valence-corrected chi connectivity index (χ3v) is 4.52. The zero-order chi connectivity index (χ0) is 14.2. The van der Waals surface area contributed by atoms with Gasteiger partial charge in [0.1, 0.15) is 5.76 Å². The molecular formula is C17H30N2O. The van der Waals surface area contributed by atoms with Crippen molar-refractivity contribution in [1.29, 1.82) is 0 Å². The Morgan fingerprint density at radius 1 is 1.25 bits per heavy atom. The summed E-state index contributed by atoms with van der Waals surface area (Å²) in [6.45, 7) is 8.79. The van der Waals surface area contributed by atoms with Gasteiger partial charge in [0.25, 0.3) is 0 Å². The molecule has 1 aliphatic carbocycles. The molecule has 0 radical (unpaired) electrons. The van der Waals surface area contributed by atoms with Gasteiger partial charge in [-0.1, -0.05) is 33.1 Å². The molecule has 0 saturated heterocycles. The van der Waals surface area contributed by atoms with Crippen LogP contribution in [0.4, 0.5) is 0 Å². The van der Waals surface area contributed by atoms with Gasteiger partial charge in [-0.25, -0.2) is 0 Å². The smallest absolute Gasteiger partial charge is 0.117 e. The first-order chi connectivity index (χ1) is 9.83. The molecule has 114 valence electrons. The summed E-state index contributed by atoms with van der Waals surface area (Å²) in [5, 5.41) is 3.71. The van der Waals surface area contributed by atoms with Crippen molar-refractivity contribution in [3.05, 3.63) is 24.2 Å². The fraction of sp³-hybridized carbons (Fsp3) is 0.765. The maximum absolute atomic E-state index is 5.50. The molecular weight excluding hydrogens is 248 g/mol. The Morgan fingerprint density at radius 3 is 2.80 bits per heavy atom. The van der Waals surface area contributed by atoms with Crippen molar-refractivity contribution in [2.45, 2.75) is 58.5 Å². The Balaban J connectivity index is 1.92. The second-order valence-corrected chi connectivity index (χ2v) is 5.97. The van der Waals surface area contributed by atoms with Gasteiger partial charge in [-0.15, -0.1) is 0 Å². The monoisotopic (exact) mass is 278 g/mol. The van der Waals surface area contributed by atoms with Crippen LogP contribution < -0.4 is 5.32 Å². The summed E-state index contributed by atoms with van der Waals surface area (Å²) in [7, 11) is 0. The average molecular weight is 278 g/mol. The summed E-state index contributed by atoms with van der Waals surface area (Å²) in [6.07, 6.45) is 8.67. The first-order valence-corrected chi connectivity index (χ1v) is 8.31. The van der Waals surface area contributed by atoms with Crippen LogP contribution in [0.25, 0.3) is 0 Å².